The van der Waals surface area contributed by atoms with Crippen molar-refractivity contribution in [3.63, 3.8) is 0 Å². The van der Waals surface area contributed by atoms with Crippen LogP contribution in [-0.2, 0) is 11.2 Å². The molecule has 4 rings (SSSR count). The summed E-state index contributed by atoms with van der Waals surface area (Å²) >= 11 is 0. The van der Waals surface area contributed by atoms with Crippen LogP contribution in [0.3, 0.4) is 0 Å². The SMILES string of the molecule is O=C(Nc1ccc(N2CCCC2)nc1)C1CCCc2ccccc21. The van der Waals surface area contributed by atoms with E-state index in [4.69, 9.17) is 0 Å². The number of carbonyl (C=O) groups is 1. The first-order valence-corrected chi connectivity index (χ1v) is 8.91. The molecule has 0 spiro atoms. The molecule has 1 aliphatic heterocycles. The topological polar surface area (TPSA) is 45.2 Å². The van der Waals surface area contributed by atoms with Crippen molar-refractivity contribution in [1.82, 2.24) is 4.98 Å². The van der Waals surface area contributed by atoms with E-state index in [-0.39, 0.29) is 11.8 Å². The number of carbonyl (C=O) groups excluding carboxylic acids is 1. The van der Waals surface area contributed by atoms with Crippen molar-refractivity contribution in [3.05, 3.63) is 53.7 Å². The number of nitrogens with one attached hydrogen (secondary N) is 1. The Morgan fingerprint density at radius 2 is 1.92 bits per heavy atom. The van der Waals surface area contributed by atoms with Gasteiger partial charge in [0.15, 0.2) is 0 Å². The Bertz CT molecular complexity index is 720. The maximum absolute atomic E-state index is 12.7. The van der Waals surface area contributed by atoms with Crippen LogP contribution in [0.15, 0.2) is 42.6 Å². The van der Waals surface area contributed by atoms with Crippen molar-refractivity contribution in [3.8, 4) is 0 Å². The van der Waals surface area contributed by atoms with Gasteiger partial charge in [0.2, 0.25) is 5.91 Å². The number of aryl methyl sites for hydroxylation is 1. The van der Waals surface area contributed by atoms with Gasteiger partial charge in [0.25, 0.3) is 0 Å². The molecule has 24 heavy (non-hydrogen) atoms. The molecular weight excluding hydrogens is 298 g/mol. The second-order valence-corrected chi connectivity index (χ2v) is 6.73. The number of hydrogen-bond donors (Lipinski definition) is 1. The van der Waals surface area contributed by atoms with Gasteiger partial charge in [0.05, 0.1) is 17.8 Å². The number of fused-ring (bicyclic) bond motifs is 1. The molecule has 0 bridgehead atoms. The molecule has 1 saturated heterocycles. The zero-order valence-electron chi connectivity index (χ0n) is 13.9. The molecule has 0 radical (unpaired) electrons. The maximum atomic E-state index is 12.7. The molecular formula is C20H23N3O. The van der Waals surface area contributed by atoms with Crippen LogP contribution in [0.2, 0.25) is 0 Å². The Kier molecular flexibility index (Phi) is 4.20. The third kappa shape index (κ3) is 3.01. The van der Waals surface area contributed by atoms with E-state index in [2.05, 4.69) is 33.4 Å². The third-order valence-corrected chi connectivity index (χ3v) is 5.13. The highest BCUT2D eigenvalue weighted by Gasteiger charge is 2.26. The predicted molar refractivity (Wildman–Crippen MR) is 96.4 cm³/mol. The van der Waals surface area contributed by atoms with Gasteiger partial charge < -0.3 is 10.2 Å². The molecule has 4 nitrogen and oxygen atoms in total. The number of anilines is 2. The first-order chi connectivity index (χ1) is 11.8. The minimum Gasteiger partial charge on any atom is -0.357 e. The number of rotatable bonds is 3. The van der Waals surface area contributed by atoms with Crippen LogP contribution in [0.25, 0.3) is 0 Å². The van der Waals surface area contributed by atoms with E-state index in [0.29, 0.717) is 0 Å². The molecule has 1 aliphatic carbocycles. The van der Waals surface area contributed by atoms with Crippen LogP contribution >= 0.6 is 0 Å². The summed E-state index contributed by atoms with van der Waals surface area (Å²) in [7, 11) is 0. The van der Waals surface area contributed by atoms with Crippen molar-refractivity contribution in [2.24, 2.45) is 0 Å². The number of pyridine rings is 1. The fourth-order valence-electron chi connectivity index (χ4n) is 3.85. The van der Waals surface area contributed by atoms with Crippen LogP contribution in [0, 0.1) is 0 Å². The van der Waals surface area contributed by atoms with E-state index < -0.39 is 0 Å². The van der Waals surface area contributed by atoms with Gasteiger partial charge in [-0.3, -0.25) is 4.79 Å². The Balaban J connectivity index is 1.46. The maximum Gasteiger partial charge on any atom is 0.231 e. The second-order valence-electron chi connectivity index (χ2n) is 6.73. The van der Waals surface area contributed by atoms with Gasteiger partial charge in [0, 0.05) is 13.1 Å². The number of aromatic nitrogens is 1. The number of nitrogens with zero attached hydrogens (tertiary/aromatic N) is 2. The van der Waals surface area contributed by atoms with E-state index in [0.717, 1.165) is 43.9 Å². The van der Waals surface area contributed by atoms with Crippen LogP contribution in [0.4, 0.5) is 11.5 Å². The molecule has 1 atom stereocenters. The monoisotopic (exact) mass is 321 g/mol. The summed E-state index contributed by atoms with van der Waals surface area (Å²) < 4.78 is 0. The Morgan fingerprint density at radius 1 is 1.08 bits per heavy atom. The number of amides is 1. The molecule has 1 N–H and O–H groups in total. The highest BCUT2D eigenvalue weighted by atomic mass is 16.1. The van der Waals surface area contributed by atoms with Gasteiger partial charge in [-0.2, -0.15) is 0 Å². The molecule has 1 fully saturated rings. The largest absolute Gasteiger partial charge is 0.357 e. The summed E-state index contributed by atoms with van der Waals surface area (Å²) in [6, 6.07) is 12.3. The quantitative estimate of drug-likeness (QED) is 0.936. The van der Waals surface area contributed by atoms with Gasteiger partial charge in [-0.25, -0.2) is 4.98 Å². The smallest absolute Gasteiger partial charge is 0.231 e. The molecule has 124 valence electrons. The van der Waals surface area contributed by atoms with E-state index in [1.54, 1.807) is 6.20 Å². The Labute approximate surface area is 142 Å². The van der Waals surface area contributed by atoms with Crippen LogP contribution < -0.4 is 10.2 Å². The van der Waals surface area contributed by atoms with Crippen LogP contribution in [0.5, 0.6) is 0 Å². The fourth-order valence-corrected chi connectivity index (χ4v) is 3.85. The molecule has 4 heteroatoms. The lowest BCUT2D eigenvalue weighted by Gasteiger charge is -2.24. The van der Waals surface area contributed by atoms with Gasteiger partial charge in [-0.05, 0) is 55.4 Å². The van der Waals surface area contributed by atoms with Crippen molar-refractivity contribution in [2.75, 3.05) is 23.3 Å². The zero-order valence-corrected chi connectivity index (χ0v) is 13.9. The van der Waals surface area contributed by atoms with Gasteiger partial charge in [-0.15, -0.1) is 0 Å². The minimum absolute atomic E-state index is 0.0480. The highest BCUT2D eigenvalue weighted by molar-refractivity contribution is 5.96. The Morgan fingerprint density at radius 3 is 2.71 bits per heavy atom. The molecule has 1 aromatic carbocycles. The van der Waals surface area contributed by atoms with Gasteiger partial charge in [-0.1, -0.05) is 24.3 Å². The molecule has 1 unspecified atom stereocenters. The minimum atomic E-state index is -0.0480. The molecule has 0 saturated carbocycles. The molecule has 2 aromatic rings. The summed E-state index contributed by atoms with van der Waals surface area (Å²) in [6.45, 7) is 2.16. The van der Waals surface area contributed by atoms with Gasteiger partial charge >= 0.3 is 0 Å². The van der Waals surface area contributed by atoms with E-state index in [1.807, 2.05) is 18.2 Å². The zero-order chi connectivity index (χ0) is 16.4. The number of benzene rings is 1. The lowest BCUT2D eigenvalue weighted by molar-refractivity contribution is -0.117. The molecule has 1 amide bonds. The standard InChI is InChI=1S/C20H23N3O/c24-20(18-9-5-7-15-6-1-2-8-17(15)18)22-16-10-11-19(21-14-16)23-12-3-4-13-23/h1-2,6,8,10-11,14,18H,3-5,7,9,12-13H2,(H,22,24). The first kappa shape index (κ1) is 15.2. The highest BCUT2D eigenvalue weighted by Crippen LogP contribution is 2.32. The fraction of sp³-hybridized carbons (Fsp3) is 0.400. The average Bonchev–Trinajstić information content (AvgIpc) is 3.16. The Hall–Kier alpha value is -2.36. The molecule has 1 aromatic heterocycles. The lowest BCUT2D eigenvalue weighted by Crippen LogP contribution is -2.25. The molecule has 2 aliphatic rings. The van der Waals surface area contributed by atoms with Crippen molar-refractivity contribution >= 4 is 17.4 Å². The van der Waals surface area contributed by atoms with Crippen LogP contribution in [-0.4, -0.2) is 24.0 Å². The van der Waals surface area contributed by atoms with Crippen molar-refractivity contribution < 1.29 is 4.79 Å². The number of hydrogen-bond acceptors (Lipinski definition) is 3. The second kappa shape index (κ2) is 6.63. The van der Waals surface area contributed by atoms with E-state index in [9.17, 15) is 4.79 Å². The first-order valence-electron chi connectivity index (χ1n) is 8.91. The van der Waals surface area contributed by atoms with E-state index >= 15 is 0 Å². The summed E-state index contributed by atoms with van der Waals surface area (Å²) in [5.74, 6) is 1.04. The molecule has 2 heterocycles. The van der Waals surface area contributed by atoms with Crippen molar-refractivity contribution in [1.29, 1.82) is 0 Å². The van der Waals surface area contributed by atoms with Crippen LogP contribution in [0.1, 0.15) is 42.7 Å². The third-order valence-electron chi connectivity index (χ3n) is 5.13. The lowest BCUT2D eigenvalue weighted by atomic mass is 9.82. The summed E-state index contributed by atoms with van der Waals surface area (Å²) in [5.41, 5.74) is 3.28. The summed E-state index contributed by atoms with van der Waals surface area (Å²) in [4.78, 5) is 19.5. The summed E-state index contributed by atoms with van der Waals surface area (Å²) in [6.07, 6.45) is 7.32. The normalized spacial score (nSPS) is 19.8. The van der Waals surface area contributed by atoms with Gasteiger partial charge in [0.1, 0.15) is 5.82 Å². The predicted octanol–water partition coefficient (Wildman–Crippen LogP) is 3.74. The van der Waals surface area contributed by atoms with Crippen molar-refractivity contribution in [2.45, 2.75) is 38.0 Å². The average molecular weight is 321 g/mol. The summed E-state index contributed by atoms with van der Waals surface area (Å²) in [5, 5.41) is 3.05. The van der Waals surface area contributed by atoms with E-state index in [1.165, 1.54) is 24.0 Å².